The maximum atomic E-state index is 12.0. The molecule has 104 valence electrons. The van der Waals surface area contributed by atoms with Crippen LogP contribution in [0, 0.1) is 0 Å². The lowest BCUT2D eigenvalue weighted by molar-refractivity contribution is -0.123. The Balaban J connectivity index is 1.79. The van der Waals surface area contributed by atoms with Gasteiger partial charge in [0.15, 0.2) is 0 Å². The highest BCUT2D eigenvalue weighted by Crippen LogP contribution is 2.12. The number of nitrogens with one attached hydrogen (secondary N) is 2. The summed E-state index contributed by atoms with van der Waals surface area (Å²) in [5.74, 6) is -0.00289. The summed E-state index contributed by atoms with van der Waals surface area (Å²) in [4.78, 5) is 12.0. The number of carbonyl (C=O) groups excluding carboxylic acids is 1. The van der Waals surface area contributed by atoms with Crippen LogP contribution in [0.5, 0.6) is 0 Å². The number of amides is 1. The summed E-state index contributed by atoms with van der Waals surface area (Å²) in [5.41, 5.74) is 0.830. The van der Waals surface area contributed by atoms with Gasteiger partial charge in [0.2, 0.25) is 5.91 Å². The Labute approximate surface area is 114 Å². The van der Waals surface area contributed by atoms with Gasteiger partial charge in [-0.1, -0.05) is 43.2 Å². The number of hydrogen-bond donors (Lipinski definition) is 3. The van der Waals surface area contributed by atoms with Gasteiger partial charge >= 0.3 is 0 Å². The highest BCUT2D eigenvalue weighted by atomic mass is 16.3. The molecule has 2 rings (SSSR count). The summed E-state index contributed by atoms with van der Waals surface area (Å²) in [6.07, 6.45) is 3.65. The molecule has 0 radical (unpaired) electrons. The average Bonchev–Trinajstić information content (AvgIpc) is 2.74. The molecule has 1 aliphatic rings. The molecule has 0 spiro atoms. The van der Waals surface area contributed by atoms with E-state index in [1.807, 2.05) is 30.3 Å². The lowest BCUT2D eigenvalue weighted by atomic mass is 10.1. The predicted octanol–water partition coefficient (Wildman–Crippen LogP) is 1.37. The van der Waals surface area contributed by atoms with Crippen molar-refractivity contribution in [1.29, 1.82) is 0 Å². The molecule has 3 N–H and O–H groups in total. The fourth-order valence-electron chi connectivity index (χ4n) is 2.37. The van der Waals surface area contributed by atoms with Crippen molar-refractivity contribution < 1.29 is 9.90 Å². The molecular weight excluding hydrogens is 240 g/mol. The van der Waals surface area contributed by atoms with Crippen molar-refractivity contribution in [2.24, 2.45) is 0 Å². The normalized spacial score (nSPS) is 21.4. The Morgan fingerprint density at radius 1 is 1.32 bits per heavy atom. The Morgan fingerprint density at radius 2 is 2.11 bits per heavy atom. The van der Waals surface area contributed by atoms with E-state index in [0.717, 1.165) is 31.4 Å². The second kappa shape index (κ2) is 7.26. The van der Waals surface area contributed by atoms with Crippen LogP contribution in [0.25, 0.3) is 0 Å². The van der Waals surface area contributed by atoms with E-state index in [2.05, 4.69) is 10.6 Å². The molecule has 0 saturated carbocycles. The summed E-state index contributed by atoms with van der Waals surface area (Å²) in [6, 6.07) is 9.29. The van der Waals surface area contributed by atoms with Crippen molar-refractivity contribution in [2.75, 3.05) is 13.1 Å². The molecule has 2 atom stereocenters. The largest absolute Gasteiger partial charge is 0.387 e. The van der Waals surface area contributed by atoms with Gasteiger partial charge in [-0.2, -0.15) is 0 Å². The van der Waals surface area contributed by atoms with Gasteiger partial charge in [0.1, 0.15) is 0 Å². The molecule has 1 aromatic rings. The molecule has 1 saturated heterocycles. The Kier molecular flexibility index (Phi) is 5.36. The quantitative estimate of drug-likeness (QED) is 0.768. The predicted molar refractivity (Wildman–Crippen MR) is 74.7 cm³/mol. The van der Waals surface area contributed by atoms with Gasteiger partial charge in [-0.25, -0.2) is 0 Å². The molecule has 1 amide bonds. The second-order valence-electron chi connectivity index (χ2n) is 5.03. The first-order chi connectivity index (χ1) is 9.27. The third kappa shape index (κ3) is 4.33. The van der Waals surface area contributed by atoms with Crippen molar-refractivity contribution in [3.05, 3.63) is 35.9 Å². The maximum Gasteiger partial charge on any atom is 0.237 e. The van der Waals surface area contributed by atoms with E-state index >= 15 is 0 Å². The standard InChI is InChI=1S/C15H22N2O2/c18-14(12-7-3-1-4-8-12)11-17-15(19)13-9-5-2-6-10-16-13/h1,3-4,7-8,13-14,16,18H,2,5-6,9-11H2,(H,17,19). The van der Waals surface area contributed by atoms with Gasteiger partial charge in [0, 0.05) is 6.54 Å². The van der Waals surface area contributed by atoms with Crippen LogP contribution in [0.3, 0.4) is 0 Å². The van der Waals surface area contributed by atoms with Gasteiger partial charge in [0.05, 0.1) is 12.1 Å². The summed E-state index contributed by atoms with van der Waals surface area (Å²) in [5, 5.41) is 16.1. The summed E-state index contributed by atoms with van der Waals surface area (Å²) in [7, 11) is 0. The van der Waals surface area contributed by atoms with E-state index in [0.29, 0.717) is 0 Å². The van der Waals surface area contributed by atoms with Crippen molar-refractivity contribution >= 4 is 5.91 Å². The van der Waals surface area contributed by atoms with Crippen molar-refractivity contribution in [1.82, 2.24) is 10.6 Å². The molecular formula is C15H22N2O2. The SMILES string of the molecule is O=C(NCC(O)c1ccccc1)C1CCCCCN1. The Hall–Kier alpha value is -1.39. The van der Waals surface area contributed by atoms with Crippen LogP contribution in [0.1, 0.15) is 37.4 Å². The average molecular weight is 262 g/mol. The van der Waals surface area contributed by atoms with E-state index in [1.165, 1.54) is 6.42 Å². The second-order valence-corrected chi connectivity index (χ2v) is 5.03. The highest BCUT2D eigenvalue weighted by Gasteiger charge is 2.20. The molecule has 0 aliphatic carbocycles. The van der Waals surface area contributed by atoms with Crippen LogP contribution in [-0.2, 0) is 4.79 Å². The van der Waals surface area contributed by atoms with E-state index in [-0.39, 0.29) is 18.5 Å². The molecule has 19 heavy (non-hydrogen) atoms. The lowest BCUT2D eigenvalue weighted by Gasteiger charge is -2.17. The van der Waals surface area contributed by atoms with E-state index in [4.69, 9.17) is 0 Å². The maximum absolute atomic E-state index is 12.0. The molecule has 1 aromatic carbocycles. The van der Waals surface area contributed by atoms with E-state index < -0.39 is 6.10 Å². The zero-order valence-electron chi connectivity index (χ0n) is 11.1. The van der Waals surface area contributed by atoms with E-state index in [1.54, 1.807) is 0 Å². The van der Waals surface area contributed by atoms with Crippen LogP contribution in [0.4, 0.5) is 0 Å². The van der Waals surface area contributed by atoms with Crippen LogP contribution < -0.4 is 10.6 Å². The highest BCUT2D eigenvalue weighted by molar-refractivity contribution is 5.81. The van der Waals surface area contributed by atoms with Gasteiger partial charge in [-0.05, 0) is 24.9 Å². The third-order valence-corrected chi connectivity index (χ3v) is 3.53. The summed E-state index contributed by atoms with van der Waals surface area (Å²) in [6.45, 7) is 1.17. The number of hydrogen-bond acceptors (Lipinski definition) is 3. The van der Waals surface area contributed by atoms with Crippen molar-refractivity contribution in [3.63, 3.8) is 0 Å². The van der Waals surface area contributed by atoms with E-state index in [9.17, 15) is 9.90 Å². The van der Waals surface area contributed by atoms with Crippen LogP contribution >= 0.6 is 0 Å². The van der Waals surface area contributed by atoms with Gasteiger partial charge < -0.3 is 15.7 Å². The number of aliphatic hydroxyl groups is 1. The monoisotopic (exact) mass is 262 g/mol. The zero-order chi connectivity index (χ0) is 13.5. The van der Waals surface area contributed by atoms with Gasteiger partial charge in [0.25, 0.3) is 0 Å². The third-order valence-electron chi connectivity index (χ3n) is 3.53. The number of carbonyl (C=O) groups is 1. The number of benzene rings is 1. The molecule has 0 bridgehead atoms. The molecule has 1 aliphatic heterocycles. The molecule has 1 fully saturated rings. The minimum absolute atomic E-state index is 0.00289. The van der Waals surface area contributed by atoms with Gasteiger partial charge in [-0.3, -0.25) is 4.79 Å². The summed E-state index contributed by atoms with van der Waals surface area (Å²) >= 11 is 0. The number of rotatable bonds is 4. The van der Waals surface area contributed by atoms with Crippen LogP contribution in [0.15, 0.2) is 30.3 Å². The summed E-state index contributed by atoms with van der Waals surface area (Å²) < 4.78 is 0. The fraction of sp³-hybridized carbons (Fsp3) is 0.533. The smallest absolute Gasteiger partial charge is 0.237 e. The van der Waals surface area contributed by atoms with Crippen molar-refractivity contribution in [3.8, 4) is 0 Å². The fourth-order valence-corrected chi connectivity index (χ4v) is 2.37. The number of aliphatic hydroxyl groups excluding tert-OH is 1. The molecule has 1 heterocycles. The first-order valence-corrected chi connectivity index (χ1v) is 7.01. The Bertz CT molecular complexity index is 386. The van der Waals surface area contributed by atoms with Gasteiger partial charge in [-0.15, -0.1) is 0 Å². The van der Waals surface area contributed by atoms with Crippen LogP contribution in [0.2, 0.25) is 0 Å². The van der Waals surface area contributed by atoms with Crippen molar-refractivity contribution in [2.45, 2.75) is 37.8 Å². The molecule has 4 heteroatoms. The van der Waals surface area contributed by atoms with Crippen LogP contribution in [-0.4, -0.2) is 30.1 Å². The lowest BCUT2D eigenvalue weighted by Crippen LogP contribution is -2.44. The molecule has 2 unspecified atom stereocenters. The first-order valence-electron chi connectivity index (χ1n) is 7.01. The molecule has 0 aromatic heterocycles. The minimum Gasteiger partial charge on any atom is -0.387 e. The minimum atomic E-state index is -0.643. The Morgan fingerprint density at radius 3 is 2.89 bits per heavy atom. The first kappa shape index (κ1) is 14.0. The topological polar surface area (TPSA) is 61.4 Å². The zero-order valence-corrected chi connectivity index (χ0v) is 11.1. The molecule has 4 nitrogen and oxygen atoms in total.